The number of nitrogens with zero attached hydrogens (tertiary/aromatic N) is 1. The van der Waals surface area contributed by atoms with Crippen LogP contribution in [-0.2, 0) is 22.1 Å². The number of amides is 1. The lowest BCUT2D eigenvalue weighted by Gasteiger charge is -2.26. The zero-order chi connectivity index (χ0) is 19.7. The second-order valence-corrected chi connectivity index (χ2v) is 7.45. The number of ether oxygens (including phenoxy) is 1. The van der Waals surface area contributed by atoms with Crippen molar-refractivity contribution in [3.8, 4) is 0 Å². The Labute approximate surface area is 149 Å². The van der Waals surface area contributed by atoms with E-state index in [1.54, 1.807) is 20.8 Å². The largest absolute Gasteiger partial charge is 0.480 e. The molecule has 1 amide bonds. The molecule has 5 nitrogen and oxygen atoms in total. The average molecular weight is 373 g/mol. The van der Waals surface area contributed by atoms with Gasteiger partial charge in [-0.3, -0.25) is 4.90 Å². The Balaban J connectivity index is 2.18. The highest BCUT2D eigenvalue weighted by atomic mass is 19.4. The quantitative estimate of drug-likeness (QED) is 0.871. The van der Waals surface area contributed by atoms with Crippen LogP contribution in [0.1, 0.15) is 38.3 Å². The molecule has 1 saturated heterocycles. The van der Waals surface area contributed by atoms with Gasteiger partial charge in [-0.1, -0.05) is 18.2 Å². The van der Waals surface area contributed by atoms with Gasteiger partial charge in [0.1, 0.15) is 11.6 Å². The molecule has 1 aliphatic heterocycles. The fourth-order valence-electron chi connectivity index (χ4n) is 3.11. The lowest BCUT2D eigenvalue weighted by Crippen LogP contribution is -2.43. The molecule has 2 rings (SSSR count). The van der Waals surface area contributed by atoms with E-state index in [1.807, 2.05) is 0 Å². The molecule has 1 unspecified atom stereocenters. The van der Waals surface area contributed by atoms with Gasteiger partial charge in [0.2, 0.25) is 0 Å². The second-order valence-electron chi connectivity index (χ2n) is 7.45. The zero-order valence-corrected chi connectivity index (χ0v) is 14.8. The van der Waals surface area contributed by atoms with E-state index in [0.29, 0.717) is 0 Å². The summed E-state index contributed by atoms with van der Waals surface area (Å²) >= 11 is 0. The minimum Gasteiger partial charge on any atom is -0.480 e. The number of alkyl halides is 3. The SMILES string of the molecule is CC(C)(C)OC(=O)N1CC(Cc2ccccc2C(F)(F)F)C[C@@H]1C(=O)O. The molecule has 0 aliphatic carbocycles. The summed E-state index contributed by atoms with van der Waals surface area (Å²) in [4.78, 5) is 24.8. The summed E-state index contributed by atoms with van der Waals surface area (Å²) in [6.45, 7) is 5.02. The van der Waals surface area contributed by atoms with Gasteiger partial charge < -0.3 is 9.84 Å². The van der Waals surface area contributed by atoms with Gasteiger partial charge in [0.15, 0.2) is 0 Å². The molecule has 8 heteroatoms. The van der Waals surface area contributed by atoms with Crippen molar-refractivity contribution < 1.29 is 32.6 Å². The molecular weight excluding hydrogens is 351 g/mol. The number of hydrogen-bond donors (Lipinski definition) is 1. The number of carbonyl (C=O) groups excluding carboxylic acids is 1. The highest BCUT2D eigenvalue weighted by Gasteiger charge is 2.42. The van der Waals surface area contributed by atoms with Gasteiger partial charge in [-0.2, -0.15) is 13.2 Å². The van der Waals surface area contributed by atoms with Crippen molar-refractivity contribution in [3.63, 3.8) is 0 Å². The van der Waals surface area contributed by atoms with E-state index in [1.165, 1.54) is 18.2 Å². The van der Waals surface area contributed by atoms with Crippen LogP contribution in [0, 0.1) is 5.92 Å². The lowest BCUT2D eigenvalue weighted by atomic mass is 9.93. The summed E-state index contributed by atoms with van der Waals surface area (Å²) in [5.41, 5.74) is -1.43. The fraction of sp³-hybridized carbons (Fsp3) is 0.556. The molecule has 1 N–H and O–H groups in total. The summed E-state index contributed by atoms with van der Waals surface area (Å²) in [7, 11) is 0. The Morgan fingerprint density at radius 3 is 2.38 bits per heavy atom. The number of rotatable bonds is 3. The van der Waals surface area contributed by atoms with Crippen molar-refractivity contribution in [3.05, 3.63) is 35.4 Å². The molecule has 0 bridgehead atoms. The second kappa shape index (κ2) is 7.17. The molecule has 1 aliphatic rings. The van der Waals surface area contributed by atoms with E-state index in [0.717, 1.165) is 11.0 Å². The van der Waals surface area contributed by atoms with Gasteiger partial charge in [-0.25, -0.2) is 9.59 Å². The van der Waals surface area contributed by atoms with Crippen LogP contribution in [0.15, 0.2) is 24.3 Å². The van der Waals surface area contributed by atoms with Gasteiger partial charge >= 0.3 is 18.2 Å². The van der Waals surface area contributed by atoms with Gasteiger partial charge in [0.05, 0.1) is 5.56 Å². The molecule has 1 fully saturated rings. The number of carboxylic acid groups (broad SMARTS) is 1. The van der Waals surface area contributed by atoms with E-state index in [9.17, 15) is 27.9 Å². The van der Waals surface area contributed by atoms with E-state index in [-0.39, 0.29) is 24.9 Å². The third-order valence-corrected chi connectivity index (χ3v) is 4.13. The third kappa shape index (κ3) is 4.89. The molecule has 0 spiro atoms. The number of carboxylic acids is 1. The highest BCUT2D eigenvalue weighted by molar-refractivity contribution is 5.81. The minimum atomic E-state index is -4.48. The van der Waals surface area contributed by atoms with Gasteiger partial charge in [-0.15, -0.1) is 0 Å². The van der Waals surface area contributed by atoms with Crippen molar-refractivity contribution >= 4 is 12.1 Å². The number of hydrogen-bond acceptors (Lipinski definition) is 3. The van der Waals surface area contributed by atoms with E-state index in [2.05, 4.69) is 0 Å². The number of benzene rings is 1. The highest BCUT2D eigenvalue weighted by Crippen LogP contribution is 2.35. The molecule has 1 heterocycles. The summed E-state index contributed by atoms with van der Waals surface area (Å²) < 4.78 is 44.6. The standard InChI is InChI=1S/C18H22F3NO4/c1-17(2,3)26-16(25)22-10-11(9-14(22)15(23)24)8-12-6-4-5-7-13(12)18(19,20)21/h4-7,11,14H,8-10H2,1-3H3,(H,23,24)/t11?,14-/m1/s1. The molecule has 0 saturated carbocycles. The normalized spacial score (nSPS) is 20.9. The summed E-state index contributed by atoms with van der Waals surface area (Å²) in [6.07, 6.45) is -5.12. The van der Waals surface area contributed by atoms with E-state index >= 15 is 0 Å². The van der Waals surface area contributed by atoms with Crippen molar-refractivity contribution in [2.24, 2.45) is 5.92 Å². The predicted octanol–water partition coefficient (Wildman–Crippen LogP) is 3.96. The van der Waals surface area contributed by atoms with Crippen LogP contribution in [0.4, 0.5) is 18.0 Å². The maximum Gasteiger partial charge on any atom is 0.416 e. The van der Waals surface area contributed by atoms with Crippen molar-refractivity contribution in [1.82, 2.24) is 4.90 Å². The average Bonchev–Trinajstić information content (AvgIpc) is 2.89. The van der Waals surface area contributed by atoms with Gasteiger partial charge in [0, 0.05) is 6.54 Å². The Kier molecular flexibility index (Phi) is 5.53. The van der Waals surface area contributed by atoms with Crippen LogP contribution >= 0.6 is 0 Å². The molecule has 1 aromatic carbocycles. The Hall–Kier alpha value is -2.25. The van der Waals surface area contributed by atoms with Crippen LogP contribution in [0.3, 0.4) is 0 Å². The first-order valence-electron chi connectivity index (χ1n) is 8.26. The number of likely N-dealkylation sites (tertiary alicyclic amines) is 1. The smallest absolute Gasteiger partial charge is 0.416 e. The number of aliphatic carboxylic acids is 1. The maximum atomic E-state index is 13.1. The maximum absolute atomic E-state index is 13.1. The molecule has 0 aromatic heterocycles. The van der Waals surface area contributed by atoms with Crippen LogP contribution in [-0.4, -0.2) is 40.3 Å². The van der Waals surface area contributed by atoms with Crippen LogP contribution in [0.5, 0.6) is 0 Å². The molecule has 26 heavy (non-hydrogen) atoms. The summed E-state index contributed by atoms with van der Waals surface area (Å²) in [5, 5.41) is 9.37. The zero-order valence-electron chi connectivity index (χ0n) is 14.8. The first kappa shape index (κ1) is 20.1. The molecule has 2 atom stereocenters. The first-order chi connectivity index (χ1) is 11.9. The van der Waals surface area contributed by atoms with Crippen LogP contribution in [0.2, 0.25) is 0 Å². The summed E-state index contributed by atoms with van der Waals surface area (Å²) in [6, 6.07) is 4.11. The Bertz CT molecular complexity index is 682. The monoisotopic (exact) mass is 373 g/mol. The lowest BCUT2D eigenvalue weighted by molar-refractivity contribution is -0.142. The first-order valence-corrected chi connectivity index (χ1v) is 8.26. The van der Waals surface area contributed by atoms with Crippen LogP contribution in [0.25, 0.3) is 0 Å². The number of halogens is 3. The molecule has 0 radical (unpaired) electrons. The topological polar surface area (TPSA) is 66.8 Å². The van der Waals surface area contributed by atoms with Gasteiger partial charge in [-0.05, 0) is 51.2 Å². The minimum absolute atomic E-state index is 0.0398. The van der Waals surface area contributed by atoms with E-state index < -0.39 is 41.4 Å². The predicted molar refractivity (Wildman–Crippen MR) is 87.6 cm³/mol. The third-order valence-electron chi connectivity index (χ3n) is 4.13. The molecule has 1 aromatic rings. The van der Waals surface area contributed by atoms with Crippen molar-refractivity contribution in [1.29, 1.82) is 0 Å². The number of carbonyl (C=O) groups is 2. The summed E-state index contributed by atoms with van der Waals surface area (Å²) in [5.74, 6) is -1.59. The van der Waals surface area contributed by atoms with Gasteiger partial charge in [0.25, 0.3) is 0 Å². The van der Waals surface area contributed by atoms with Crippen molar-refractivity contribution in [2.45, 2.75) is 51.4 Å². The molecule has 144 valence electrons. The Morgan fingerprint density at radius 2 is 1.85 bits per heavy atom. The van der Waals surface area contributed by atoms with E-state index in [4.69, 9.17) is 4.74 Å². The van der Waals surface area contributed by atoms with Crippen molar-refractivity contribution in [2.75, 3.05) is 6.54 Å². The Morgan fingerprint density at radius 1 is 1.23 bits per heavy atom. The fourth-order valence-corrected chi connectivity index (χ4v) is 3.11. The van der Waals surface area contributed by atoms with Crippen LogP contribution < -0.4 is 0 Å². The molecular formula is C18H22F3NO4.